The topological polar surface area (TPSA) is 63.3 Å². The molecule has 0 radical (unpaired) electrons. The number of nitrogens with two attached hydrogens (primary N) is 1. The minimum Gasteiger partial charge on any atom is -0.508 e. The first-order valence-corrected chi connectivity index (χ1v) is 3.93. The normalized spacial score (nSPS) is 10.5. The highest BCUT2D eigenvalue weighted by Gasteiger charge is 1.97. The molecule has 0 fully saturated rings. The van der Waals surface area contributed by atoms with E-state index in [1.165, 1.54) is 30.4 Å². The van der Waals surface area contributed by atoms with Gasteiger partial charge >= 0.3 is 0 Å². The summed E-state index contributed by atoms with van der Waals surface area (Å²) in [7, 11) is 0. The van der Waals surface area contributed by atoms with E-state index in [0.717, 1.165) is 0 Å². The van der Waals surface area contributed by atoms with E-state index in [1.54, 1.807) is 0 Å². The van der Waals surface area contributed by atoms with E-state index >= 15 is 0 Å². The van der Waals surface area contributed by atoms with E-state index in [4.69, 9.17) is 22.4 Å². The molecule has 68 valence electrons. The van der Waals surface area contributed by atoms with Gasteiger partial charge in [-0.2, -0.15) is 0 Å². The Hall–Kier alpha value is -1.48. The van der Waals surface area contributed by atoms with Gasteiger partial charge in [0.25, 0.3) is 0 Å². The van der Waals surface area contributed by atoms with Crippen molar-refractivity contribution in [3.05, 3.63) is 34.9 Å². The van der Waals surface area contributed by atoms with Crippen LogP contribution in [0.1, 0.15) is 5.56 Å². The molecule has 0 heterocycles. The van der Waals surface area contributed by atoms with Gasteiger partial charge in [-0.05, 0) is 29.8 Å². The van der Waals surface area contributed by atoms with Crippen molar-refractivity contribution in [3.8, 4) is 5.75 Å². The zero-order valence-corrected chi connectivity index (χ0v) is 7.45. The number of benzene rings is 1. The lowest BCUT2D eigenvalue weighted by Gasteiger charge is -1.97. The zero-order valence-electron chi connectivity index (χ0n) is 6.70. The molecule has 0 aromatic heterocycles. The quantitative estimate of drug-likeness (QED) is 0.707. The number of primary amides is 1. The van der Waals surface area contributed by atoms with Crippen LogP contribution in [0.3, 0.4) is 0 Å². The molecular weight excluding hydrogens is 190 g/mol. The number of hydrogen-bond acceptors (Lipinski definition) is 2. The summed E-state index contributed by atoms with van der Waals surface area (Å²) in [6.07, 6.45) is 2.63. The summed E-state index contributed by atoms with van der Waals surface area (Å²) in [5.41, 5.74) is 5.45. The molecule has 0 saturated carbocycles. The predicted octanol–water partition coefficient (Wildman–Crippen LogP) is 1.54. The molecule has 3 N–H and O–H groups in total. The largest absolute Gasteiger partial charge is 0.508 e. The summed E-state index contributed by atoms with van der Waals surface area (Å²) in [5.74, 6) is -0.465. The summed E-state index contributed by atoms with van der Waals surface area (Å²) in [6.45, 7) is 0. The molecule has 1 amide bonds. The van der Waals surface area contributed by atoms with Crippen molar-refractivity contribution in [2.24, 2.45) is 5.73 Å². The van der Waals surface area contributed by atoms with Crippen molar-refractivity contribution in [1.29, 1.82) is 0 Å². The number of rotatable bonds is 2. The molecule has 0 unspecified atom stereocenters. The van der Waals surface area contributed by atoms with Crippen LogP contribution in [-0.4, -0.2) is 11.0 Å². The monoisotopic (exact) mass is 197 g/mol. The van der Waals surface area contributed by atoms with E-state index in [0.29, 0.717) is 10.6 Å². The predicted molar refractivity (Wildman–Crippen MR) is 51.3 cm³/mol. The van der Waals surface area contributed by atoms with Crippen molar-refractivity contribution in [1.82, 2.24) is 0 Å². The zero-order chi connectivity index (χ0) is 9.84. The Balaban J connectivity index is 3.00. The van der Waals surface area contributed by atoms with Crippen LogP contribution in [0.5, 0.6) is 5.75 Å². The van der Waals surface area contributed by atoms with Crippen LogP contribution in [0.2, 0.25) is 5.02 Å². The van der Waals surface area contributed by atoms with E-state index in [2.05, 4.69) is 0 Å². The lowest BCUT2D eigenvalue weighted by Crippen LogP contribution is -2.05. The SMILES string of the molecule is NC(=O)C=Cc1cc(O)ccc1Cl. The number of hydrogen-bond donors (Lipinski definition) is 2. The molecule has 0 atom stereocenters. The second-order valence-electron chi connectivity index (χ2n) is 2.44. The summed E-state index contributed by atoms with van der Waals surface area (Å²) in [5, 5.41) is 9.55. The Labute approximate surface area is 80.4 Å². The Bertz CT molecular complexity index is 361. The molecule has 4 heteroatoms. The van der Waals surface area contributed by atoms with Crippen molar-refractivity contribution in [2.45, 2.75) is 0 Å². The van der Waals surface area contributed by atoms with Crippen LogP contribution in [0, 0.1) is 0 Å². The average Bonchev–Trinajstić information content (AvgIpc) is 2.06. The Morgan fingerprint density at radius 1 is 1.54 bits per heavy atom. The average molecular weight is 198 g/mol. The number of amides is 1. The third-order valence-corrected chi connectivity index (χ3v) is 1.75. The van der Waals surface area contributed by atoms with Gasteiger partial charge in [0.2, 0.25) is 5.91 Å². The van der Waals surface area contributed by atoms with Crippen LogP contribution in [-0.2, 0) is 4.79 Å². The maximum Gasteiger partial charge on any atom is 0.241 e. The molecule has 0 spiro atoms. The van der Waals surface area contributed by atoms with Gasteiger partial charge in [0.1, 0.15) is 5.75 Å². The maximum atomic E-state index is 10.4. The number of phenolic OH excluding ortho intramolecular Hbond substituents is 1. The fourth-order valence-corrected chi connectivity index (χ4v) is 1.01. The highest BCUT2D eigenvalue weighted by molar-refractivity contribution is 6.32. The molecule has 1 rings (SSSR count). The second-order valence-corrected chi connectivity index (χ2v) is 2.85. The summed E-state index contributed by atoms with van der Waals surface area (Å²) < 4.78 is 0. The second kappa shape index (κ2) is 3.96. The third kappa shape index (κ3) is 2.80. The molecular formula is C9H8ClNO2. The minimum atomic E-state index is -0.556. The fourth-order valence-electron chi connectivity index (χ4n) is 0.831. The van der Waals surface area contributed by atoms with Crippen LogP contribution >= 0.6 is 11.6 Å². The van der Waals surface area contributed by atoms with E-state index in [9.17, 15) is 4.79 Å². The van der Waals surface area contributed by atoms with Gasteiger partial charge in [-0.3, -0.25) is 4.79 Å². The van der Waals surface area contributed by atoms with E-state index < -0.39 is 5.91 Å². The summed E-state index contributed by atoms with van der Waals surface area (Å²) >= 11 is 5.77. The van der Waals surface area contributed by atoms with Crippen molar-refractivity contribution in [3.63, 3.8) is 0 Å². The Morgan fingerprint density at radius 3 is 2.85 bits per heavy atom. The third-order valence-electron chi connectivity index (χ3n) is 1.41. The van der Waals surface area contributed by atoms with Gasteiger partial charge < -0.3 is 10.8 Å². The first kappa shape index (κ1) is 9.61. The first-order valence-electron chi connectivity index (χ1n) is 3.55. The van der Waals surface area contributed by atoms with Gasteiger partial charge in [-0.1, -0.05) is 11.6 Å². The van der Waals surface area contributed by atoms with Crippen molar-refractivity contribution >= 4 is 23.6 Å². The summed E-state index contributed by atoms with van der Waals surface area (Å²) in [4.78, 5) is 10.4. The first-order chi connectivity index (χ1) is 6.09. The van der Waals surface area contributed by atoms with Crippen molar-refractivity contribution in [2.75, 3.05) is 0 Å². The van der Waals surface area contributed by atoms with Crippen LogP contribution in [0.15, 0.2) is 24.3 Å². The Morgan fingerprint density at radius 2 is 2.23 bits per heavy atom. The molecule has 13 heavy (non-hydrogen) atoms. The van der Waals surface area contributed by atoms with Crippen LogP contribution in [0.4, 0.5) is 0 Å². The molecule has 1 aromatic rings. The number of phenols is 1. The molecule has 3 nitrogen and oxygen atoms in total. The van der Waals surface area contributed by atoms with E-state index in [-0.39, 0.29) is 5.75 Å². The molecule has 0 saturated heterocycles. The number of halogens is 1. The highest BCUT2D eigenvalue weighted by atomic mass is 35.5. The standard InChI is InChI=1S/C9H8ClNO2/c10-8-3-2-7(12)5-6(8)1-4-9(11)13/h1-5,12H,(H2,11,13). The van der Waals surface area contributed by atoms with Gasteiger partial charge in [0.15, 0.2) is 0 Å². The van der Waals surface area contributed by atoms with Crippen molar-refractivity contribution < 1.29 is 9.90 Å². The minimum absolute atomic E-state index is 0.0912. The number of carbonyl (C=O) groups excluding carboxylic acids is 1. The van der Waals surface area contributed by atoms with Gasteiger partial charge in [0, 0.05) is 11.1 Å². The van der Waals surface area contributed by atoms with E-state index in [1.807, 2.05) is 0 Å². The Kier molecular flexibility index (Phi) is 2.93. The fraction of sp³-hybridized carbons (Fsp3) is 0. The van der Waals surface area contributed by atoms with Crippen LogP contribution in [0.25, 0.3) is 6.08 Å². The molecule has 0 aliphatic heterocycles. The van der Waals surface area contributed by atoms with Gasteiger partial charge in [-0.25, -0.2) is 0 Å². The van der Waals surface area contributed by atoms with Gasteiger partial charge in [-0.15, -0.1) is 0 Å². The number of aromatic hydroxyl groups is 1. The smallest absolute Gasteiger partial charge is 0.241 e. The highest BCUT2D eigenvalue weighted by Crippen LogP contribution is 2.21. The number of carbonyl (C=O) groups is 1. The lowest BCUT2D eigenvalue weighted by molar-refractivity contribution is -0.113. The summed E-state index contributed by atoms with van der Waals surface area (Å²) in [6, 6.07) is 4.45. The van der Waals surface area contributed by atoms with Gasteiger partial charge in [0.05, 0.1) is 0 Å². The maximum absolute atomic E-state index is 10.4. The molecule has 0 bridgehead atoms. The molecule has 1 aromatic carbocycles. The lowest BCUT2D eigenvalue weighted by atomic mass is 10.2. The van der Waals surface area contributed by atoms with Crippen LogP contribution < -0.4 is 5.73 Å². The molecule has 0 aliphatic carbocycles. The molecule has 0 aliphatic rings.